The van der Waals surface area contributed by atoms with Crippen LogP contribution >= 0.6 is 0 Å². The molecule has 0 spiro atoms. The lowest BCUT2D eigenvalue weighted by atomic mass is 10.0. The molecule has 0 aliphatic carbocycles. The number of pyridine rings is 1. The van der Waals surface area contributed by atoms with Gasteiger partial charge in [-0.3, -0.25) is 9.78 Å². The van der Waals surface area contributed by atoms with Crippen molar-refractivity contribution in [3.8, 4) is 0 Å². The van der Waals surface area contributed by atoms with Gasteiger partial charge in [-0.15, -0.1) is 0 Å². The summed E-state index contributed by atoms with van der Waals surface area (Å²) in [4.78, 5) is 16.7. The van der Waals surface area contributed by atoms with Crippen LogP contribution in [-0.4, -0.2) is 21.0 Å². The number of hydrogen-bond donors (Lipinski definition) is 0. The summed E-state index contributed by atoms with van der Waals surface area (Å²) in [5.41, 5.74) is 3.02. The Morgan fingerprint density at radius 2 is 1.89 bits per heavy atom. The summed E-state index contributed by atoms with van der Waals surface area (Å²) in [5.74, 6) is -0.0580. The van der Waals surface area contributed by atoms with E-state index in [0.717, 1.165) is 16.6 Å². The number of nitrogens with zero attached hydrogens (tertiary/aromatic N) is 3. The molecule has 0 aliphatic rings. The Morgan fingerprint density at radius 1 is 1.00 bits per heavy atom. The Labute approximate surface area is 110 Å². The Morgan fingerprint density at radius 3 is 2.68 bits per heavy atom. The highest BCUT2D eigenvalue weighted by Crippen LogP contribution is 2.17. The van der Waals surface area contributed by atoms with Gasteiger partial charge in [0.2, 0.25) is 0 Å². The summed E-state index contributed by atoms with van der Waals surface area (Å²) in [7, 11) is 0. The monoisotopic (exact) mass is 249 g/mol. The van der Waals surface area contributed by atoms with Crippen molar-refractivity contribution in [1.82, 2.24) is 15.2 Å². The van der Waals surface area contributed by atoms with Gasteiger partial charge in [-0.1, -0.05) is 6.07 Å². The van der Waals surface area contributed by atoms with Crippen molar-refractivity contribution < 1.29 is 4.79 Å². The minimum absolute atomic E-state index is 0.0580. The van der Waals surface area contributed by atoms with Crippen molar-refractivity contribution >= 4 is 16.7 Å². The van der Waals surface area contributed by atoms with Crippen LogP contribution in [0.2, 0.25) is 0 Å². The van der Waals surface area contributed by atoms with E-state index in [1.165, 1.54) is 12.4 Å². The van der Waals surface area contributed by atoms with E-state index in [0.29, 0.717) is 11.1 Å². The van der Waals surface area contributed by atoms with E-state index in [1.807, 2.05) is 31.2 Å². The molecule has 0 bridgehead atoms. The third kappa shape index (κ3) is 2.20. The van der Waals surface area contributed by atoms with Gasteiger partial charge in [0.1, 0.15) is 0 Å². The fourth-order valence-electron chi connectivity index (χ4n) is 1.96. The second kappa shape index (κ2) is 4.57. The first kappa shape index (κ1) is 11.5. The average Bonchev–Trinajstić information content (AvgIpc) is 2.47. The lowest BCUT2D eigenvalue weighted by Gasteiger charge is -2.03. The quantitative estimate of drug-likeness (QED) is 0.655. The average molecular weight is 249 g/mol. The third-order valence-corrected chi connectivity index (χ3v) is 2.94. The first-order valence-electron chi connectivity index (χ1n) is 5.93. The highest BCUT2D eigenvalue weighted by atomic mass is 16.1. The molecule has 0 saturated heterocycles. The summed E-state index contributed by atoms with van der Waals surface area (Å²) in [6.07, 6.45) is 2.99. The number of benzene rings is 1. The standard InChI is InChI=1S/C15H11N3O/c1-10-2-3-11-8-12(4-5-14(11)18-10)15(19)13-6-7-16-17-9-13/h2-9H,1H3. The van der Waals surface area contributed by atoms with Crippen LogP contribution in [0.5, 0.6) is 0 Å². The van der Waals surface area contributed by atoms with Gasteiger partial charge in [0.05, 0.1) is 17.9 Å². The first-order valence-corrected chi connectivity index (χ1v) is 5.93. The van der Waals surface area contributed by atoms with Gasteiger partial charge in [0.15, 0.2) is 5.78 Å². The molecule has 2 aromatic heterocycles. The molecule has 19 heavy (non-hydrogen) atoms. The highest BCUT2D eigenvalue weighted by Gasteiger charge is 2.10. The minimum Gasteiger partial charge on any atom is -0.289 e. The van der Waals surface area contributed by atoms with Crippen LogP contribution in [0.4, 0.5) is 0 Å². The van der Waals surface area contributed by atoms with E-state index >= 15 is 0 Å². The van der Waals surface area contributed by atoms with Gasteiger partial charge in [0, 0.05) is 22.2 Å². The van der Waals surface area contributed by atoms with Gasteiger partial charge < -0.3 is 0 Å². The molecule has 0 N–H and O–H groups in total. The van der Waals surface area contributed by atoms with Crippen molar-refractivity contribution in [2.24, 2.45) is 0 Å². The van der Waals surface area contributed by atoms with Gasteiger partial charge in [-0.25, -0.2) is 0 Å². The number of rotatable bonds is 2. The third-order valence-electron chi connectivity index (χ3n) is 2.94. The highest BCUT2D eigenvalue weighted by molar-refractivity contribution is 6.10. The molecule has 4 heteroatoms. The van der Waals surface area contributed by atoms with Crippen LogP contribution in [-0.2, 0) is 0 Å². The lowest BCUT2D eigenvalue weighted by Crippen LogP contribution is -2.02. The summed E-state index contributed by atoms with van der Waals surface area (Å²) in [6.45, 7) is 1.95. The van der Waals surface area contributed by atoms with Crippen LogP contribution in [0.1, 0.15) is 21.6 Å². The molecule has 0 radical (unpaired) electrons. The van der Waals surface area contributed by atoms with Gasteiger partial charge in [-0.2, -0.15) is 10.2 Å². The molecular formula is C15H11N3O. The predicted octanol–water partition coefficient (Wildman–Crippen LogP) is 2.56. The number of carbonyl (C=O) groups is 1. The molecule has 1 aromatic carbocycles. The fraction of sp³-hybridized carbons (Fsp3) is 0.0667. The van der Waals surface area contributed by atoms with Gasteiger partial charge in [0.25, 0.3) is 0 Å². The largest absolute Gasteiger partial charge is 0.289 e. The second-order valence-corrected chi connectivity index (χ2v) is 4.32. The Kier molecular flexibility index (Phi) is 2.76. The molecule has 3 aromatic rings. The molecule has 0 unspecified atom stereocenters. The summed E-state index contributed by atoms with van der Waals surface area (Å²) in [5, 5.41) is 8.35. The van der Waals surface area contributed by atoms with Crippen LogP contribution in [0, 0.1) is 6.92 Å². The molecular weight excluding hydrogens is 238 g/mol. The lowest BCUT2D eigenvalue weighted by molar-refractivity contribution is 0.103. The van der Waals surface area contributed by atoms with Gasteiger partial charge >= 0.3 is 0 Å². The van der Waals surface area contributed by atoms with Crippen molar-refractivity contribution in [2.45, 2.75) is 6.92 Å². The van der Waals surface area contributed by atoms with E-state index in [4.69, 9.17) is 0 Å². The predicted molar refractivity (Wildman–Crippen MR) is 71.9 cm³/mol. The zero-order valence-electron chi connectivity index (χ0n) is 10.4. The maximum atomic E-state index is 12.3. The van der Waals surface area contributed by atoms with Crippen molar-refractivity contribution in [3.05, 3.63) is 65.6 Å². The molecule has 4 nitrogen and oxygen atoms in total. The Balaban J connectivity index is 2.07. The fourth-order valence-corrected chi connectivity index (χ4v) is 1.96. The van der Waals surface area contributed by atoms with E-state index < -0.39 is 0 Å². The van der Waals surface area contributed by atoms with E-state index in [-0.39, 0.29) is 5.78 Å². The summed E-state index contributed by atoms with van der Waals surface area (Å²) in [6, 6.07) is 11.1. The molecule has 92 valence electrons. The number of ketones is 1. The van der Waals surface area contributed by atoms with Crippen LogP contribution in [0.3, 0.4) is 0 Å². The number of hydrogen-bond acceptors (Lipinski definition) is 4. The molecule has 0 aliphatic heterocycles. The molecule has 0 atom stereocenters. The van der Waals surface area contributed by atoms with Crippen molar-refractivity contribution in [1.29, 1.82) is 0 Å². The zero-order valence-corrected chi connectivity index (χ0v) is 10.4. The summed E-state index contributed by atoms with van der Waals surface area (Å²) < 4.78 is 0. The van der Waals surface area contributed by atoms with Crippen LogP contribution < -0.4 is 0 Å². The molecule has 0 saturated carbocycles. The SMILES string of the molecule is Cc1ccc2cc(C(=O)c3ccnnc3)ccc2n1. The topological polar surface area (TPSA) is 55.7 Å². The molecule has 0 fully saturated rings. The number of aryl methyl sites for hydroxylation is 1. The smallest absolute Gasteiger partial charge is 0.194 e. The Bertz CT molecular complexity index is 754. The zero-order chi connectivity index (χ0) is 13.2. The van der Waals surface area contributed by atoms with Gasteiger partial charge in [-0.05, 0) is 37.3 Å². The number of aromatic nitrogens is 3. The number of fused-ring (bicyclic) bond motifs is 1. The number of carbonyl (C=O) groups excluding carboxylic acids is 1. The summed E-state index contributed by atoms with van der Waals surface area (Å²) >= 11 is 0. The van der Waals surface area contributed by atoms with Crippen molar-refractivity contribution in [2.75, 3.05) is 0 Å². The van der Waals surface area contributed by atoms with E-state index in [2.05, 4.69) is 15.2 Å². The van der Waals surface area contributed by atoms with Crippen LogP contribution in [0.15, 0.2) is 48.8 Å². The normalized spacial score (nSPS) is 10.6. The molecule has 2 heterocycles. The second-order valence-electron chi connectivity index (χ2n) is 4.32. The molecule has 0 amide bonds. The van der Waals surface area contributed by atoms with E-state index in [9.17, 15) is 4.79 Å². The molecule has 3 rings (SSSR count). The maximum Gasteiger partial charge on any atom is 0.194 e. The van der Waals surface area contributed by atoms with E-state index in [1.54, 1.807) is 12.1 Å². The Hall–Kier alpha value is -2.62. The maximum absolute atomic E-state index is 12.3. The van der Waals surface area contributed by atoms with Crippen LogP contribution in [0.25, 0.3) is 10.9 Å². The first-order chi connectivity index (χ1) is 9.24. The minimum atomic E-state index is -0.0580. The van der Waals surface area contributed by atoms with Crippen molar-refractivity contribution in [3.63, 3.8) is 0 Å².